The first-order valence-electron chi connectivity index (χ1n) is 7.00. The molecule has 0 atom stereocenters. The average Bonchev–Trinajstić information content (AvgIpc) is 2.98. The Morgan fingerprint density at radius 2 is 1.71 bits per heavy atom. The molecule has 106 valence electrons. The summed E-state index contributed by atoms with van der Waals surface area (Å²) in [7, 11) is 0. The molecule has 3 nitrogen and oxygen atoms in total. The van der Waals surface area contributed by atoms with Crippen molar-refractivity contribution in [3.8, 4) is 11.4 Å². The van der Waals surface area contributed by atoms with E-state index >= 15 is 0 Å². The fourth-order valence-corrected chi connectivity index (χ4v) is 2.45. The largest absolute Gasteiger partial charge is 0.246 e. The molecule has 3 rings (SSSR count). The van der Waals surface area contributed by atoms with Gasteiger partial charge in [-0.15, -0.1) is 0 Å². The molecule has 4 heteroatoms. The van der Waals surface area contributed by atoms with E-state index < -0.39 is 0 Å². The SMILES string of the molecule is Clc1ccc(-c2ncnn2CCCc2ccccc2)cc1. The fraction of sp³-hybridized carbons (Fsp3) is 0.176. The molecule has 0 aliphatic carbocycles. The number of hydrogen-bond donors (Lipinski definition) is 0. The maximum Gasteiger partial charge on any atom is 0.158 e. The first-order valence-corrected chi connectivity index (χ1v) is 7.38. The number of aromatic nitrogens is 3. The Balaban J connectivity index is 1.67. The first-order chi connectivity index (χ1) is 10.3. The standard InChI is InChI=1S/C17H16ClN3/c18-16-10-8-15(9-11-16)17-19-13-20-21(17)12-4-7-14-5-2-1-3-6-14/h1-3,5-6,8-11,13H,4,7,12H2. The molecule has 0 amide bonds. The van der Waals surface area contributed by atoms with Crippen LogP contribution in [0.3, 0.4) is 0 Å². The third kappa shape index (κ3) is 3.50. The van der Waals surface area contributed by atoms with Crippen molar-refractivity contribution in [3.05, 3.63) is 71.5 Å². The Morgan fingerprint density at radius 3 is 2.48 bits per heavy atom. The Morgan fingerprint density at radius 1 is 0.952 bits per heavy atom. The molecule has 2 aromatic carbocycles. The molecule has 0 bridgehead atoms. The van der Waals surface area contributed by atoms with Crippen molar-refractivity contribution in [1.82, 2.24) is 14.8 Å². The first kappa shape index (κ1) is 13.8. The van der Waals surface area contributed by atoms with Gasteiger partial charge in [0.05, 0.1) is 0 Å². The summed E-state index contributed by atoms with van der Waals surface area (Å²) in [5, 5.41) is 5.05. The van der Waals surface area contributed by atoms with Crippen LogP contribution in [0, 0.1) is 0 Å². The van der Waals surface area contributed by atoms with Gasteiger partial charge in [-0.25, -0.2) is 9.67 Å². The third-order valence-corrected chi connectivity index (χ3v) is 3.65. The molecule has 1 aromatic heterocycles. The van der Waals surface area contributed by atoms with E-state index in [2.05, 4.69) is 34.3 Å². The molecule has 1 heterocycles. The van der Waals surface area contributed by atoms with Gasteiger partial charge in [-0.2, -0.15) is 5.10 Å². The van der Waals surface area contributed by atoms with Gasteiger partial charge in [0.1, 0.15) is 6.33 Å². The van der Waals surface area contributed by atoms with Crippen molar-refractivity contribution in [3.63, 3.8) is 0 Å². The fourth-order valence-electron chi connectivity index (χ4n) is 2.33. The van der Waals surface area contributed by atoms with Crippen LogP contribution in [0.25, 0.3) is 11.4 Å². The summed E-state index contributed by atoms with van der Waals surface area (Å²) in [4.78, 5) is 4.35. The summed E-state index contributed by atoms with van der Waals surface area (Å²) in [6, 6.07) is 18.2. The third-order valence-electron chi connectivity index (χ3n) is 3.40. The van der Waals surface area contributed by atoms with Crippen LogP contribution in [-0.4, -0.2) is 14.8 Å². The number of hydrogen-bond acceptors (Lipinski definition) is 2. The minimum absolute atomic E-state index is 0.730. The lowest BCUT2D eigenvalue weighted by atomic mass is 10.1. The summed E-state index contributed by atoms with van der Waals surface area (Å²) >= 11 is 5.92. The maximum absolute atomic E-state index is 5.92. The molecule has 0 N–H and O–H groups in total. The van der Waals surface area contributed by atoms with Crippen molar-refractivity contribution in [2.24, 2.45) is 0 Å². The van der Waals surface area contributed by atoms with Gasteiger partial charge in [0, 0.05) is 17.1 Å². The molecular formula is C17H16ClN3. The van der Waals surface area contributed by atoms with Gasteiger partial charge in [0.25, 0.3) is 0 Å². The number of aryl methyl sites for hydroxylation is 2. The molecule has 0 aliphatic rings. The Bertz CT molecular complexity index is 690. The van der Waals surface area contributed by atoms with Crippen LogP contribution in [-0.2, 0) is 13.0 Å². The van der Waals surface area contributed by atoms with Crippen molar-refractivity contribution >= 4 is 11.6 Å². The minimum atomic E-state index is 0.730. The smallest absolute Gasteiger partial charge is 0.158 e. The number of nitrogens with zero attached hydrogens (tertiary/aromatic N) is 3. The van der Waals surface area contributed by atoms with E-state index in [1.54, 1.807) is 6.33 Å². The van der Waals surface area contributed by atoms with Crippen LogP contribution >= 0.6 is 11.6 Å². The van der Waals surface area contributed by atoms with Crippen molar-refractivity contribution in [2.45, 2.75) is 19.4 Å². The maximum atomic E-state index is 5.92. The molecule has 0 aliphatic heterocycles. The van der Waals surface area contributed by atoms with Crippen LogP contribution in [0.1, 0.15) is 12.0 Å². The highest BCUT2D eigenvalue weighted by atomic mass is 35.5. The average molecular weight is 298 g/mol. The van der Waals surface area contributed by atoms with Gasteiger partial charge < -0.3 is 0 Å². The molecule has 0 saturated carbocycles. The predicted molar refractivity (Wildman–Crippen MR) is 85.2 cm³/mol. The summed E-state index contributed by atoms with van der Waals surface area (Å²) in [6.45, 7) is 0.854. The lowest BCUT2D eigenvalue weighted by Crippen LogP contribution is -2.04. The van der Waals surface area contributed by atoms with E-state index in [0.717, 1.165) is 35.8 Å². The van der Waals surface area contributed by atoms with E-state index in [1.807, 2.05) is 35.0 Å². The van der Waals surface area contributed by atoms with Crippen molar-refractivity contribution < 1.29 is 0 Å². The highest BCUT2D eigenvalue weighted by Crippen LogP contribution is 2.19. The molecule has 3 aromatic rings. The van der Waals surface area contributed by atoms with Crippen LogP contribution < -0.4 is 0 Å². The van der Waals surface area contributed by atoms with E-state index in [1.165, 1.54) is 5.56 Å². The zero-order chi connectivity index (χ0) is 14.5. The van der Waals surface area contributed by atoms with Gasteiger partial charge in [-0.05, 0) is 42.7 Å². The Kier molecular flexibility index (Phi) is 4.31. The molecule has 0 spiro atoms. The van der Waals surface area contributed by atoms with Crippen LogP contribution in [0.5, 0.6) is 0 Å². The van der Waals surface area contributed by atoms with Gasteiger partial charge in [0.15, 0.2) is 5.82 Å². The van der Waals surface area contributed by atoms with Crippen molar-refractivity contribution in [1.29, 1.82) is 0 Å². The highest BCUT2D eigenvalue weighted by Gasteiger charge is 2.07. The lowest BCUT2D eigenvalue weighted by Gasteiger charge is -2.06. The lowest BCUT2D eigenvalue weighted by molar-refractivity contribution is 0.583. The molecule has 0 unspecified atom stereocenters. The zero-order valence-electron chi connectivity index (χ0n) is 11.6. The Labute approximate surface area is 129 Å². The minimum Gasteiger partial charge on any atom is -0.246 e. The molecule has 0 fully saturated rings. The quantitative estimate of drug-likeness (QED) is 0.705. The summed E-state index contributed by atoms with van der Waals surface area (Å²) < 4.78 is 1.95. The normalized spacial score (nSPS) is 10.7. The zero-order valence-corrected chi connectivity index (χ0v) is 12.4. The molecule has 0 radical (unpaired) electrons. The topological polar surface area (TPSA) is 30.7 Å². The number of rotatable bonds is 5. The van der Waals surface area contributed by atoms with Gasteiger partial charge in [-0.3, -0.25) is 0 Å². The predicted octanol–water partition coefficient (Wildman–Crippen LogP) is 4.23. The van der Waals surface area contributed by atoms with Crippen LogP contribution in [0.4, 0.5) is 0 Å². The van der Waals surface area contributed by atoms with Gasteiger partial charge in [0.2, 0.25) is 0 Å². The van der Waals surface area contributed by atoms with Gasteiger partial charge >= 0.3 is 0 Å². The second-order valence-electron chi connectivity index (χ2n) is 4.90. The molecular weight excluding hydrogens is 282 g/mol. The highest BCUT2D eigenvalue weighted by molar-refractivity contribution is 6.30. The van der Waals surface area contributed by atoms with E-state index in [0.29, 0.717) is 0 Å². The number of halogens is 1. The van der Waals surface area contributed by atoms with Crippen molar-refractivity contribution in [2.75, 3.05) is 0 Å². The van der Waals surface area contributed by atoms with Crippen LogP contribution in [0.2, 0.25) is 5.02 Å². The van der Waals surface area contributed by atoms with E-state index in [9.17, 15) is 0 Å². The second-order valence-corrected chi connectivity index (χ2v) is 5.34. The Hall–Kier alpha value is -2.13. The molecule has 21 heavy (non-hydrogen) atoms. The molecule has 0 saturated heterocycles. The van der Waals surface area contributed by atoms with E-state index in [-0.39, 0.29) is 0 Å². The summed E-state index contributed by atoms with van der Waals surface area (Å²) in [5.41, 5.74) is 2.39. The monoisotopic (exact) mass is 297 g/mol. The summed E-state index contributed by atoms with van der Waals surface area (Å²) in [6.07, 6.45) is 3.68. The summed E-state index contributed by atoms with van der Waals surface area (Å²) in [5.74, 6) is 0.889. The number of benzene rings is 2. The van der Waals surface area contributed by atoms with Crippen LogP contribution in [0.15, 0.2) is 60.9 Å². The second kappa shape index (κ2) is 6.55. The van der Waals surface area contributed by atoms with E-state index in [4.69, 9.17) is 11.6 Å². The van der Waals surface area contributed by atoms with Gasteiger partial charge in [-0.1, -0.05) is 41.9 Å².